The number of aromatic nitrogens is 2. The molecule has 0 bridgehead atoms. The quantitative estimate of drug-likeness (QED) is 0.530. The molecule has 4 rings (SSSR count). The molecule has 0 saturated carbocycles. The second kappa shape index (κ2) is 9.87. The van der Waals surface area contributed by atoms with Crippen molar-refractivity contribution in [3.63, 3.8) is 0 Å². The highest BCUT2D eigenvalue weighted by atomic mass is 32.1. The predicted molar refractivity (Wildman–Crippen MR) is 119 cm³/mol. The largest absolute Gasteiger partial charge is 0.441 e. The first-order valence-corrected chi connectivity index (χ1v) is 11.6. The van der Waals surface area contributed by atoms with Crippen LogP contribution in [0.2, 0.25) is 0 Å². The fourth-order valence-corrected chi connectivity index (χ4v) is 4.98. The predicted octanol–water partition coefficient (Wildman–Crippen LogP) is 5.13. The lowest BCUT2D eigenvalue weighted by atomic mass is 9.92. The van der Waals surface area contributed by atoms with Crippen molar-refractivity contribution in [2.75, 3.05) is 18.4 Å². The first-order valence-electron chi connectivity index (χ1n) is 10.7. The summed E-state index contributed by atoms with van der Waals surface area (Å²) in [6, 6.07) is 3.60. The molecule has 1 aliphatic heterocycles. The number of piperidine rings is 1. The molecule has 3 heterocycles. The summed E-state index contributed by atoms with van der Waals surface area (Å²) in [6.45, 7) is 7.47. The normalized spacial score (nSPS) is 19.2. The summed E-state index contributed by atoms with van der Waals surface area (Å²) in [6.07, 6.45) is 2.86. The van der Waals surface area contributed by atoms with Gasteiger partial charge in [0.1, 0.15) is 11.6 Å². The number of likely N-dealkylation sites (tertiary alicyclic amines) is 1. The molecular weight excluding hydrogens is 434 g/mol. The Balaban J connectivity index is 1.28. The first kappa shape index (κ1) is 22.5. The van der Waals surface area contributed by atoms with Gasteiger partial charge < -0.3 is 9.73 Å². The Bertz CT molecular complexity index is 1050. The van der Waals surface area contributed by atoms with E-state index in [-0.39, 0.29) is 36.0 Å². The highest BCUT2D eigenvalue weighted by Crippen LogP contribution is 2.27. The van der Waals surface area contributed by atoms with Crippen molar-refractivity contribution in [3.05, 3.63) is 53.0 Å². The summed E-state index contributed by atoms with van der Waals surface area (Å²) in [5, 5.41) is 5.34. The van der Waals surface area contributed by atoms with E-state index in [1.54, 1.807) is 0 Å². The third kappa shape index (κ3) is 5.58. The standard InChI is InChI=1S/C23H26F2N4O2S/c1-14-8-15(2)11-29(10-14)12-16-13-32-23(27-16)28-20(30)6-7-21-26-9-19(31-21)22-17(24)4-3-5-18(22)25/h3-5,9,13-15H,6-8,10-12H2,1-2H3,(H,27,28,30). The Morgan fingerprint density at radius 3 is 2.69 bits per heavy atom. The van der Waals surface area contributed by atoms with Crippen LogP contribution in [0.25, 0.3) is 11.3 Å². The average molecular weight is 461 g/mol. The minimum Gasteiger partial charge on any atom is -0.441 e. The van der Waals surface area contributed by atoms with Crippen LogP contribution in [0.5, 0.6) is 0 Å². The number of thiazole rings is 1. The van der Waals surface area contributed by atoms with Crippen molar-refractivity contribution in [1.82, 2.24) is 14.9 Å². The number of oxazole rings is 1. The molecule has 32 heavy (non-hydrogen) atoms. The summed E-state index contributed by atoms with van der Waals surface area (Å²) >= 11 is 1.40. The van der Waals surface area contributed by atoms with E-state index in [1.165, 1.54) is 30.0 Å². The summed E-state index contributed by atoms with van der Waals surface area (Å²) in [4.78, 5) is 23.3. The number of nitrogens with one attached hydrogen (secondary N) is 1. The molecule has 1 aromatic carbocycles. The average Bonchev–Trinajstić information content (AvgIpc) is 3.35. The number of rotatable bonds is 7. The third-order valence-electron chi connectivity index (χ3n) is 5.46. The maximum Gasteiger partial charge on any atom is 0.226 e. The molecule has 0 spiro atoms. The van der Waals surface area contributed by atoms with Crippen molar-refractivity contribution in [1.29, 1.82) is 0 Å². The molecule has 1 saturated heterocycles. The monoisotopic (exact) mass is 460 g/mol. The van der Waals surface area contributed by atoms with Crippen LogP contribution in [0, 0.1) is 23.5 Å². The van der Waals surface area contributed by atoms with Crippen molar-refractivity contribution < 1.29 is 18.0 Å². The maximum absolute atomic E-state index is 13.9. The van der Waals surface area contributed by atoms with Gasteiger partial charge in [-0.15, -0.1) is 11.3 Å². The molecule has 1 amide bonds. The zero-order valence-corrected chi connectivity index (χ0v) is 18.9. The number of aryl methyl sites for hydroxylation is 1. The molecule has 6 nitrogen and oxygen atoms in total. The third-order valence-corrected chi connectivity index (χ3v) is 6.26. The molecule has 1 N–H and O–H groups in total. The number of carbonyl (C=O) groups excluding carboxylic acids is 1. The minimum atomic E-state index is -0.724. The van der Waals surface area contributed by atoms with E-state index in [4.69, 9.17) is 4.42 Å². The highest BCUT2D eigenvalue weighted by Gasteiger charge is 2.22. The van der Waals surface area contributed by atoms with E-state index in [1.807, 2.05) is 5.38 Å². The second-order valence-corrected chi connectivity index (χ2v) is 9.41. The fourth-order valence-electron chi connectivity index (χ4n) is 4.26. The Kier molecular flexibility index (Phi) is 6.95. The van der Waals surface area contributed by atoms with E-state index in [9.17, 15) is 13.6 Å². The van der Waals surface area contributed by atoms with Gasteiger partial charge in [-0.1, -0.05) is 19.9 Å². The van der Waals surface area contributed by atoms with Crippen molar-refractivity contribution in [2.45, 2.75) is 39.7 Å². The van der Waals surface area contributed by atoms with Crippen LogP contribution in [-0.2, 0) is 17.8 Å². The SMILES string of the molecule is CC1CC(C)CN(Cc2csc(NC(=O)CCc3ncc(-c4c(F)cccc4F)o3)n2)C1. The molecule has 2 atom stereocenters. The van der Waals surface area contributed by atoms with Gasteiger partial charge in [-0.05, 0) is 30.4 Å². The van der Waals surface area contributed by atoms with Gasteiger partial charge >= 0.3 is 0 Å². The Morgan fingerprint density at radius 1 is 1.25 bits per heavy atom. The number of nitrogens with zero attached hydrogens (tertiary/aromatic N) is 3. The number of carbonyl (C=O) groups is 1. The van der Waals surface area contributed by atoms with Crippen molar-refractivity contribution in [3.8, 4) is 11.3 Å². The fraction of sp³-hybridized carbons (Fsp3) is 0.435. The van der Waals surface area contributed by atoms with E-state index >= 15 is 0 Å². The lowest BCUT2D eigenvalue weighted by Crippen LogP contribution is -2.38. The molecule has 9 heteroatoms. The van der Waals surface area contributed by atoms with Gasteiger partial charge in [0.2, 0.25) is 5.91 Å². The van der Waals surface area contributed by atoms with Crippen LogP contribution in [0.1, 0.15) is 38.3 Å². The number of halogens is 2. The highest BCUT2D eigenvalue weighted by molar-refractivity contribution is 7.13. The zero-order chi connectivity index (χ0) is 22.7. The van der Waals surface area contributed by atoms with Gasteiger partial charge in [-0.2, -0.15) is 0 Å². The van der Waals surface area contributed by atoms with Crippen LogP contribution in [-0.4, -0.2) is 33.9 Å². The Hall–Kier alpha value is -2.65. The van der Waals surface area contributed by atoms with Crippen LogP contribution in [0.4, 0.5) is 13.9 Å². The molecule has 3 aromatic rings. The number of hydrogen-bond acceptors (Lipinski definition) is 6. The summed E-state index contributed by atoms with van der Waals surface area (Å²) in [5.41, 5.74) is 0.694. The molecule has 2 unspecified atom stereocenters. The topological polar surface area (TPSA) is 71.3 Å². The van der Waals surface area contributed by atoms with Crippen LogP contribution < -0.4 is 5.32 Å². The van der Waals surface area contributed by atoms with Gasteiger partial charge in [0.05, 0.1) is 17.5 Å². The van der Waals surface area contributed by atoms with Gasteiger partial charge in [0.25, 0.3) is 0 Å². The number of benzene rings is 1. The minimum absolute atomic E-state index is 0.00178. The molecule has 2 aromatic heterocycles. The first-order chi connectivity index (χ1) is 15.4. The lowest BCUT2D eigenvalue weighted by Gasteiger charge is -2.34. The molecule has 0 radical (unpaired) electrons. The van der Waals surface area contributed by atoms with Gasteiger partial charge in [0.15, 0.2) is 16.8 Å². The van der Waals surface area contributed by atoms with Crippen LogP contribution in [0.15, 0.2) is 34.2 Å². The van der Waals surface area contributed by atoms with Gasteiger partial charge in [0, 0.05) is 37.9 Å². The summed E-state index contributed by atoms with van der Waals surface area (Å²) < 4.78 is 33.2. The number of hydrogen-bond donors (Lipinski definition) is 1. The van der Waals surface area contributed by atoms with Crippen LogP contribution >= 0.6 is 11.3 Å². The summed E-state index contributed by atoms with van der Waals surface area (Å²) in [5.74, 6) is -0.0582. The zero-order valence-electron chi connectivity index (χ0n) is 18.1. The van der Waals surface area contributed by atoms with E-state index in [0.29, 0.717) is 17.0 Å². The summed E-state index contributed by atoms with van der Waals surface area (Å²) in [7, 11) is 0. The van der Waals surface area contributed by atoms with E-state index in [0.717, 1.165) is 37.5 Å². The molecule has 1 fully saturated rings. The smallest absolute Gasteiger partial charge is 0.226 e. The van der Waals surface area contributed by atoms with Crippen LogP contribution in [0.3, 0.4) is 0 Å². The van der Waals surface area contributed by atoms with E-state index < -0.39 is 11.6 Å². The molecule has 170 valence electrons. The lowest BCUT2D eigenvalue weighted by molar-refractivity contribution is -0.116. The Morgan fingerprint density at radius 2 is 1.97 bits per heavy atom. The van der Waals surface area contributed by atoms with Gasteiger partial charge in [-0.25, -0.2) is 18.7 Å². The van der Waals surface area contributed by atoms with Gasteiger partial charge in [-0.3, -0.25) is 9.69 Å². The van der Waals surface area contributed by atoms with Crippen molar-refractivity contribution in [2.24, 2.45) is 11.8 Å². The molecular formula is C23H26F2N4O2S. The maximum atomic E-state index is 13.9. The number of amides is 1. The van der Waals surface area contributed by atoms with Crippen molar-refractivity contribution >= 4 is 22.4 Å². The van der Waals surface area contributed by atoms with E-state index in [2.05, 4.69) is 34.0 Å². The number of anilines is 1. The second-order valence-electron chi connectivity index (χ2n) is 8.55. The molecule has 1 aliphatic rings. The molecule has 0 aliphatic carbocycles. The Labute approximate surface area is 189 Å².